The lowest BCUT2D eigenvalue weighted by molar-refractivity contribution is 0.0692. The van der Waals surface area contributed by atoms with E-state index in [0.717, 1.165) is 22.5 Å². The second-order valence-electron chi connectivity index (χ2n) is 4.71. The van der Waals surface area contributed by atoms with Crippen LogP contribution in [0.3, 0.4) is 0 Å². The van der Waals surface area contributed by atoms with E-state index in [-0.39, 0.29) is 10.7 Å². The van der Waals surface area contributed by atoms with E-state index in [2.05, 4.69) is 9.71 Å². The summed E-state index contributed by atoms with van der Waals surface area (Å²) in [5.41, 5.74) is 2.85. The zero-order valence-electron chi connectivity index (χ0n) is 10.8. The smallest absolute Gasteiger partial charge is 0.357 e. The maximum absolute atomic E-state index is 12.5. The number of anilines is 1. The van der Waals surface area contributed by atoms with Crippen molar-refractivity contribution in [3.05, 3.63) is 46.6 Å². The van der Waals surface area contributed by atoms with Crippen LogP contribution < -0.4 is 4.72 Å². The van der Waals surface area contributed by atoms with Crippen LogP contribution in [-0.2, 0) is 16.4 Å². The van der Waals surface area contributed by atoms with Crippen LogP contribution in [0, 0.1) is 0 Å². The molecule has 1 heterocycles. The van der Waals surface area contributed by atoms with Crippen molar-refractivity contribution >= 4 is 32.3 Å². The molecule has 110 valence electrons. The lowest BCUT2D eigenvalue weighted by atomic mass is 10.1. The zero-order valence-corrected chi connectivity index (χ0v) is 12.4. The van der Waals surface area contributed by atoms with Crippen molar-refractivity contribution in [1.82, 2.24) is 4.98 Å². The Balaban J connectivity index is 1.92. The van der Waals surface area contributed by atoms with E-state index in [0.29, 0.717) is 12.8 Å². The number of hydrogen-bond donors (Lipinski definition) is 2. The molecule has 0 saturated carbocycles. The first kappa shape index (κ1) is 14.0. The molecule has 21 heavy (non-hydrogen) atoms. The normalized spacial score (nSPS) is 17.4. The number of sulfonamides is 1. The number of aryl methyl sites for hydroxylation is 1. The van der Waals surface area contributed by atoms with Crippen molar-refractivity contribution in [3.8, 4) is 0 Å². The molecule has 0 saturated heterocycles. The lowest BCUT2D eigenvalue weighted by Gasteiger charge is -2.14. The fourth-order valence-corrected chi connectivity index (χ4v) is 5.06. The van der Waals surface area contributed by atoms with Gasteiger partial charge in [-0.2, -0.15) is 0 Å². The fourth-order valence-electron chi connectivity index (χ4n) is 2.51. The van der Waals surface area contributed by atoms with E-state index in [1.807, 2.05) is 18.2 Å². The molecular weight excluding hydrogens is 312 g/mol. The number of benzene rings is 1. The lowest BCUT2D eigenvalue weighted by Crippen LogP contribution is -2.20. The Hall–Kier alpha value is -1.93. The van der Waals surface area contributed by atoms with E-state index in [4.69, 9.17) is 5.11 Å². The number of thiazole rings is 1. The Morgan fingerprint density at radius 2 is 2.14 bits per heavy atom. The standard InChI is InChI=1S/C13H12N2O4S2/c16-13(17)11-12(20-7-14-11)15-21(18,19)10-6-5-8-3-1-2-4-9(8)10/h1-4,7,10,15H,5-6H2,(H,16,17). The van der Waals surface area contributed by atoms with Crippen molar-refractivity contribution < 1.29 is 18.3 Å². The van der Waals surface area contributed by atoms with Crippen LogP contribution >= 0.6 is 11.3 Å². The second-order valence-corrected chi connectivity index (χ2v) is 7.43. The van der Waals surface area contributed by atoms with Gasteiger partial charge in [-0.15, -0.1) is 11.3 Å². The van der Waals surface area contributed by atoms with Gasteiger partial charge in [0.25, 0.3) is 0 Å². The van der Waals surface area contributed by atoms with E-state index in [1.165, 1.54) is 5.51 Å². The third-order valence-corrected chi connectivity index (χ3v) is 6.06. The van der Waals surface area contributed by atoms with Crippen molar-refractivity contribution in [2.45, 2.75) is 18.1 Å². The molecule has 1 aromatic carbocycles. The molecule has 1 aromatic heterocycles. The summed E-state index contributed by atoms with van der Waals surface area (Å²) in [6.45, 7) is 0. The van der Waals surface area contributed by atoms with Crippen molar-refractivity contribution in [1.29, 1.82) is 0 Å². The number of carboxylic acid groups (broad SMARTS) is 1. The highest BCUT2D eigenvalue weighted by molar-refractivity contribution is 7.93. The summed E-state index contributed by atoms with van der Waals surface area (Å²) in [6, 6.07) is 7.41. The van der Waals surface area contributed by atoms with Crippen molar-refractivity contribution in [3.63, 3.8) is 0 Å². The Morgan fingerprint density at radius 1 is 1.38 bits per heavy atom. The number of fused-ring (bicyclic) bond motifs is 1. The maximum atomic E-state index is 12.5. The molecule has 1 aliphatic rings. The van der Waals surface area contributed by atoms with E-state index in [1.54, 1.807) is 6.07 Å². The summed E-state index contributed by atoms with van der Waals surface area (Å²) < 4.78 is 27.4. The highest BCUT2D eigenvalue weighted by Crippen LogP contribution is 2.38. The first-order valence-corrected chi connectivity index (χ1v) is 8.68. The summed E-state index contributed by atoms with van der Waals surface area (Å²) >= 11 is 0.963. The molecule has 1 aliphatic carbocycles. The highest BCUT2D eigenvalue weighted by Gasteiger charge is 2.34. The van der Waals surface area contributed by atoms with E-state index in [9.17, 15) is 13.2 Å². The third-order valence-electron chi connectivity index (χ3n) is 3.46. The monoisotopic (exact) mass is 324 g/mol. The minimum absolute atomic E-state index is 0.0480. The van der Waals surface area contributed by atoms with E-state index < -0.39 is 21.2 Å². The SMILES string of the molecule is O=C(O)c1ncsc1NS(=O)(=O)C1CCc2ccccc21. The quantitative estimate of drug-likeness (QED) is 0.899. The molecule has 2 aromatic rings. The van der Waals surface area contributed by atoms with Crippen LogP contribution in [0.25, 0.3) is 0 Å². The number of rotatable bonds is 4. The first-order chi connectivity index (χ1) is 9.99. The topological polar surface area (TPSA) is 96.4 Å². The van der Waals surface area contributed by atoms with Gasteiger partial charge in [-0.05, 0) is 24.0 Å². The molecular formula is C13H12N2O4S2. The molecule has 8 heteroatoms. The van der Waals surface area contributed by atoms with Gasteiger partial charge in [0.05, 0.1) is 5.51 Å². The number of aromatic nitrogens is 1. The van der Waals surface area contributed by atoms with Gasteiger partial charge in [0, 0.05) is 0 Å². The molecule has 0 amide bonds. The molecule has 6 nitrogen and oxygen atoms in total. The second kappa shape index (κ2) is 5.12. The predicted octanol–water partition coefficient (Wildman–Crippen LogP) is 2.27. The summed E-state index contributed by atoms with van der Waals surface area (Å²) in [6.07, 6.45) is 1.20. The number of carboxylic acids is 1. The molecule has 0 radical (unpaired) electrons. The summed E-state index contributed by atoms with van der Waals surface area (Å²) in [4.78, 5) is 14.7. The largest absolute Gasteiger partial charge is 0.476 e. The molecule has 0 fully saturated rings. The summed E-state index contributed by atoms with van der Waals surface area (Å²) in [5.74, 6) is -1.25. The Kier molecular flexibility index (Phi) is 3.42. The molecule has 0 spiro atoms. The summed E-state index contributed by atoms with van der Waals surface area (Å²) in [7, 11) is -3.70. The number of hydrogen-bond acceptors (Lipinski definition) is 5. The predicted molar refractivity (Wildman–Crippen MR) is 79.1 cm³/mol. The average molecular weight is 324 g/mol. The van der Waals surface area contributed by atoms with Crippen molar-refractivity contribution in [2.24, 2.45) is 0 Å². The third kappa shape index (κ3) is 2.52. The molecule has 2 N–H and O–H groups in total. The van der Waals surface area contributed by atoms with Gasteiger partial charge in [0.1, 0.15) is 10.3 Å². The number of nitrogens with zero attached hydrogens (tertiary/aromatic N) is 1. The van der Waals surface area contributed by atoms with Gasteiger partial charge in [-0.3, -0.25) is 4.72 Å². The minimum Gasteiger partial charge on any atom is -0.476 e. The van der Waals surface area contributed by atoms with Crippen LogP contribution in [0.15, 0.2) is 29.8 Å². The first-order valence-electron chi connectivity index (χ1n) is 6.25. The van der Waals surface area contributed by atoms with Gasteiger partial charge < -0.3 is 5.11 Å². The van der Waals surface area contributed by atoms with Gasteiger partial charge in [-0.25, -0.2) is 18.2 Å². The van der Waals surface area contributed by atoms with Crippen LogP contribution in [0.1, 0.15) is 33.3 Å². The molecule has 3 rings (SSSR count). The van der Waals surface area contributed by atoms with Crippen molar-refractivity contribution in [2.75, 3.05) is 4.72 Å². The van der Waals surface area contributed by atoms with E-state index >= 15 is 0 Å². The van der Waals surface area contributed by atoms with Gasteiger partial charge >= 0.3 is 5.97 Å². The Morgan fingerprint density at radius 3 is 2.90 bits per heavy atom. The molecule has 0 bridgehead atoms. The van der Waals surface area contributed by atoms with Crippen LogP contribution in [0.2, 0.25) is 0 Å². The number of nitrogens with one attached hydrogen (secondary N) is 1. The van der Waals surface area contributed by atoms with Gasteiger partial charge in [0.15, 0.2) is 5.69 Å². The molecule has 1 atom stereocenters. The average Bonchev–Trinajstić information content (AvgIpc) is 3.04. The van der Waals surface area contributed by atoms with Crippen LogP contribution in [0.4, 0.5) is 5.00 Å². The van der Waals surface area contributed by atoms with Gasteiger partial charge in [-0.1, -0.05) is 24.3 Å². The van der Waals surface area contributed by atoms with Crippen LogP contribution in [0.5, 0.6) is 0 Å². The van der Waals surface area contributed by atoms with Gasteiger partial charge in [0.2, 0.25) is 10.0 Å². The highest BCUT2D eigenvalue weighted by atomic mass is 32.2. The van der Waals surface area contributed by atoms with Crippen LogP contribution in [-0.4, -0.2) is 24.5 Å². The minimum atomic E-state index is -3.70. The molecule has 0 aliphatic heterocycles. The zero-order chi connectivity index (χ0) is 15.0. The summed E-state index contributed by atoms with van der Waals surface area (Å²) in [5, 5.41) is 8.38. The number of carbonyl (C=O) groups is 1. The Labute approximate surface area is 125 Å². The molecule has 1 unspecified atom stereocenters. The Bertz CT molecular complexity index is 798. The fraction of sp³-hybridized carbons (Fsp3) is 0.231. The number of aromatic carboxylic acids is 1. The maximum Gasteiger partial charge on any atom is 0.357 e.